The highest BCUT2D eigenvalue weighted by molar-refractivity contribution is 6.40. The normalized spacial score (nSPS) is 17.3. The van der Waals surface area contributed by atoms with Crippen LogP contribution in [0, 0.1) is 13.8 Å². The van der Waals surface area contributed by atoms with E-state index in [4.69, 9.17) is 32.7 Å². The highest BCUT2D eigenvalue weighted by Crippen LogP contribution is 2.43. The minimum absolute atomic E-state index is 0.0255. The molecule has 1 N–H and O–H groups in total. The number of hydrogen-bond acceptors (Lipinski definition) is 7. The highest BCUT2D eigenvalue weighted by atomic mass is 35.5. The summed E-state index contributed by atoms with van der Waals surface area (Å²) in [6.45, 7) is 10.2. The molecule has 0 radical (unpaired) electrons. The average Bonchev–Trinajstić information content (AvgIpc) is 3.01. The number of carboxylic acid groups (broad SMARTS) is 1. The molecule has 3 aromatic carbocycles. The molecular formula is C33H36Cl2N4O5. The minimum Gasteiger partial charge on any atom is -0.478 e. The van der Waals surface area contributed by atoms with Gasteiger partial charge in [0.25, 0.3) is 5.91 Å². The number of benzene rings is 3. The van der Waals surface area contributed by atoms with Crippen molar-refractivity contribution >= 4 is 46.5 Å². The zero-order chi connectivity index (χ0) is 31.1. The summed E-state index contributed by atoms with van der Waals surface area (Å²) in [6, 6.07) is 11.3. The van der Waals surface area contributed by atoms with Gasteiger partial charge in [-0.05, 0) is 61.9 Å². The lowest BCUT2D eigenvalue weighted by Crippen LogP contribution is -2.44. The number of aromatic carboxylic acids is 1. The summed E-state index contributed by atoms with van der Waals surface area (Å²) >= 11 is 13.4. The number of hydrogen-bond donors (Lipinski definition) is 1. The number of amides is 1. The molecule has 0 atom stereocenters. The van der Waals surface area contributed by atoms with E-state index >= 15 is 0 Å². The van der Waals surface area contributed by atoms with Crippen LogP contribution in [0.3, 0.4) is 0 Å². The summed E-state index contributed by atoms with van der Waals surface area (Å²) < 4.78 is 11.8. The molecule has 3 aromatic rings. The van der Waals surface area contributed by atoms with Crippen LogP contribution in [0.2, 0.25) is 10.0 Å². The summed E-state index contributed by atoms with van der Waals surface area (Å²) in [4.78, 5) is 34.1. The van der Waals surface area contributed by atoms with Crippen LogP contribution in [0.25, 0.3) is 11.1 Å². The standard InChI is InChI=1S/C33H36Cl2N4O5/c1-20-4-5-22-18-39(32(40)30-26(34)15-23(16-27(30)35)37-8-6-36(3)7-9-37)19-44-31(22)29(20)24-17-28(38-10-12-43-13-11-38)25(33(41)42)14-21(24)2/h4-5,14-17H,6-13,18-19H2,1-3H3,(H,41,42). The van der Waals surface area contributed by atoms with E-state index in [0.717, 1.165) is 59.7 Å². The first kappa shape index (κ1) is 30.5. The number of carbonyl (C=O) groups is 2. The molecule has 0 aliphatic carbocycles. The van der Waals surface area contributed by atoms with Crippen molar-refractivity contribution in [3.63, 3.8) is 0 Å². The van der Waals surface area contributed by atoms with Gasteiger partial charge in [0, 0.05) is 56.1 Å². The van der Waals surface area contributed by atoms with E-state index in [2.05, 4.69) is 21.7 Å². The van der Waals surface area contributed by atoms with Crippen molar-refractivity contribution in [1.29, 1.82) is 0 Å². The van der Waals surface area contributed by atoms with Crippen molar-refractivity contribution in [3.8, 4) is 16.9 Å². The Labute approximate surface area is 267 Å². The van der Waals surface area contributed by atoms with Gasteiger partial charge in [0.05, 0.1) is 46.6 Å². The number of aryl methyl sites for hydroxylation is 2. The number of ether oxygens (including phenoxy) is 2. The predicted molar refractivity (Wildman–Crippen MR) is 173 cm³/mol. The number of anilines is 2. The largest absolute Gasteiger partial charge is 0.478 e. The van der Waals surface area contributed by atoms with E-state index in [1.807, 2.05) is 44.2 Å². The molecule has 0 unspecified atom stereocenters. The molecule has 0 saturated carbocycles. The zero-order valence-electron chi connectivity index (χ0n) is 25.2. The number of piperazine rings is 1. The predicted octanol–water partition coefficient (Wildman–Crippen LogP) is 5.56. The number of rotatable bonds is 5. The van der Waals surface area contributed by atoms with Gasteiger partial charge in [-0.1, -0.05) is 35.3 Å². The first-order chi connectivity index (χ1) is 21.1. The third-order valence-corrected chi connectivity index (χ3v) is 9.36. The molecule has 2 saturated heterocycles. The Hall–Kier alpha value is -3.50. The Balaban J connectivity index is 1.30. The van der Waals surface area contributed by atoms with Crippen LogP contribution in [-0.4, -0.2) is 93.0 Å². The Bertz CT molecular complexity index is 1590. The van der Waals surface area contributed by atoms with E-state index in [1.165, 1.54) is 0 Å². The maximum Gasteiger partial charge on any atom is 0.337 e. The van der Waals surface area contributed by atoms with E-state index in [0.29, 0.717) is 54.3 Å². The molecule has 1 amide bonds. The lowest BCUT2D eigenvalue weighted by atomic mass is 9.90. The minimum atomic E-state index is -0.966. The average molecular weight is 640 g/mol. The molecule has 44 heavy (non-hydrogen) atoms. The van der Waals surface area contributed by atoms with E-state index in [9.17, 15) is 14.7 Å². The van der Waals surface area contributed by atoms with Gasteiger partial charge in [0.2, 0.25) is 0 Å². The van der Waals surface area contributed by atoms with Gasteiger partial charge >= 0.3 is 5.97 Å². The van der Waals surface area contributed by atoms with Crippen LogP contribution in [0.1, 0.15) is 37.4 Å². The second kappa shape index (κ2) is 12.5. The molecule has 0 spiro atoms. The number of carboxylic acids is 1. The molecule has 0 aromatic heterocycles. The fourth-order valence-electron chi connectivity index (χ4n) is 6.24. The van der Waals surface area contributed by atoms with Crippen molar-refractivity contribution in [3.05, 3.63) is 74.3 Å². The number of carbonyl (C=O) groups excluding carboxylic acids is 1. The summed E-state index contributed by atoms with van der Waals surface area (Å²) in [7, 11) is 2.10. The van der Waals surface area contributed by atoms with Crippen LogP contribution < -0.4 is 14.5 Å². The first-order valence-electron chi connectivity index (χ1n) is 14.8. The van der Waals surface area contributed by atoms with Crippen molar-refractivity contribution in [2.24, 2.45) is 0 Å². The van der Waals surface area contributed by atoms with E-state index in [1.54, 1.807) is 11.0 Å². The van der Waals surface area contributed by atoms with Gasteiger partial charge in [0.15, 0.2) is 6.73 Å². The quantitative estimate of drug-likeness (QED) is 0.389. The highest BCUT2D eigenvalue weighted by Gasteiger charge is 2.30. The van der Waals surface area contributed by atoms with Crippen LogP contribution in [-0.2, 0) is 11.3 Å². The molecule has 0 bridgehead atoms. The lowest BCUT2D eigenvalue weighted by Gasteiger charge is -2.35. The maximum absolute atomic E-state index is 13.8. The topological polar surface area (TPSA) is 85.8 Å². The lowest BCUT2D eigenvalue weighted by molar-refractivity contribution is 0.0516. The van der Waals surface area contributed by atoms with Crippen molar-refractivity contribution in [2.45, 2.75) is 20.4 Å². The maximum atomic E-state index is 13.8. The Morgan fingerprint density at radius 1 is 0.864 bits per heavy atom. The van der Waals surface area contributed by atoms with E-state index in [-0.39, 0.29) is 23.8 Å². The molecule has 3 aliphatic rings. The van der Waals surface area contributed by atoms with Crippen molar-refractivity contribution < 1.29 is 24.2 Å². The number of fused-ring (bicyclic) bond motifs is 1. The van der Waals surface area contributed by atoms with E-state index < -0.39 is 5.97 Å². The number of halogens is 2. The molecule has 232 valence electrons. The summed E-state index contributed by atoms with van der Waals surface area (Å²) in [5.41, 5.74) is 6.57. The Morgan fingerprint density at radius 3 is 2.20 bits per heavy atom. The molecule has 3 heterocycles. The Kier molecular flexibility index (Phi) is 8.66. The Morgan fingerprint density at radius 2 is 1.55 bits per heavy atom. The van der Waals surface area contributed by atoms with Crippen LogP contribution in [0.15, 0.2) is 36.4 Å². The van der Waals surface area contributed by atoms with Gasteiger partial charge in [0.1, 0.15) is 5.75 Å². The second-order valence-electron chi connectivity index (χ2n) is 11.7. The molecular weight excluding hydrogens is 603 g/mol. The van der Waals surface area contributed by atoms with Gasteiger partial charge in [-0.25, -0.2) is 4.79 Å². The van der Waals surface area contributed by atoms with Crippen LogP contribution in [0.4, 0.5) is 11.4 Å². The number of nitrogens with zero attached hydrogens (tertiary/aromatic N) is 4. The van der Waals surface area contributed by atoms with Crippen molar-refractivity contribution in [2.75, 3.05) is 76.1 Å². The third-order valence-electron chi connectivity index (χ3n) is 8.76. The molecule has 9 nitrogen and oxygen atoms in total. The molecule has 11 heteroatoms. The van der Waals surface area contributed by atoms with Gasteiger partial charge < -0.3 is 34.2 Å². The summed E-state index contributed by atoms with van der Waals surface area (Å²) in [6.07, 6.45) is 0. The summed E-state index contributed by atoms with van der Waals surface area (Å²) in [5, 5.41) is 10.6. The van der Waals surface area contributed by atoms with Crippen molar-refractivity contribution in [1.82, 2.24) is 9.80 Å². The second-order valence-corrected chi connectivity index (χ2v) is 12.5. The third kappa shape index (κ3) is 5.81. The number of morpholine rings is 1. The summed E-state index contributed by atoms with van der Waals surface area (Å²) in [5.74, 6) is -0.572. The molecule has 2 fully saturated rings. The van der Waals surface area contributed by atoms with Gasteiger partial charge in [-0.3, -0.25) is 4.79 Å². The van der Waals surface area contributed by atoms with Gasteiger partial charge in [-0.15, -0.1) is 0 Å². The van der Waals surface area contributed by atoms with Crippen LogP contribution >= 0.6 is 23.2 Å². The monoisotopic (exact) mass is 638 g/mol. The smallest absolute Gasteiger partial charge is 0.337 e. The SMILES string of the molecule is Cc1cc(C(=O)O)c(N2CCOCC2)cc1-c1c(C)ccc2c1OCN(C(=O)c1c(Cl)cc(N3CCN(C)CC3)cc1Cl)C2. The fraction of sp³-hybridized carbons (Fsp3) is 0.394. The first-order valence-corrected chi connectivity index (χ1v) is 15.6. The number of likely N-dealkylation sites (N-methyl/N-ethyl adjacent to an activating group) is 1. The molecule has 6 rings (SSSR count). The zero-order valence-corrected chi connectivity index (χ0v) is 26.7. The molecule has 3 aliphatic heterocycles. The fourth-order valence-corrected chi connectivity index (χ4v) is 6.88. The van der Waals surface area contributed by atoms with Crippen LogP contribution in [0.5, 0.6) is 5.75 Å². The van der Waals surface area contributed by atoms with Gasteiger partial charge in [-0.2, -0.15) is 0 Å².